The lowest BCUT2D eigenvalue weighted by Gasteiger charge is -2.46. The third kappa shape index (κ3) is 2.15. The molecule has 7 heteroatoms. The van der Waals surface area contributed by atoms with Gasteiger partial charge in [-0.2, -0.15) is 5.26 Å². The number of nitrogens with zero attached hydrogens (tertiary/aromatic N) is 4. The highest BCUT2D eigenvalue weighted by Gasteiger charge is 2.43. The van der Waals surface area contributed by atoms with E-state index in [1.807, 2.05) is 6.07 Å². The number of pyridine rings is 1. The first-order chi connectivity index (χ1) is 10.0. The summed E-state index contributed by atoms with van der Waals surface area (Å²) in [5.41, 5.74) is -0.0875. The number of aromatic nitrogens is 1. The number of fused-ring (bicyclic) bond motifs is 1. The molecule has 1 aromatic heterocycles. The molecule has 0 saturated carbocycles. The third-order valence-corrected chi connectivity index (χ3v) is 3.64. The lowest BCUT2D eigenvalue weighted by Crippen LogP contribution is -2.61. The summed E-state index contributed by atoms with van der Waals surface area (Å²) in [6.07, 6.45) is 1.60. The van der Waals surface area contributed by atoms with Crippen LogP contribution >= 0.6 is 0 Å². The Balaban J connectivity index is 2.03. The van der Waals surface area contributed by atoms with E-state index in [2.05, 4.69) is 4.98 Å². The van der Waals surface area contributed by atoms with Crippen LogP contribution in [0.25, 0.3) is 10.9 Å². The van der Waals surface area contributed by atoms with Crippen molar-refractivity contribution in [2.75, 3.05) is 18.0 Å². The number of benzene rings is 1. The number of hydrogen-bond donors (Lipinski definition) is 1. The van der Waals surface area contributed by atoms with Gasteiger partial charge < -0.3 is 10.0 Å². The fourth-order valence-electron chi connectivity index (χ4n) is 2.67. The molecule has 0 bridgehead atoms. The zero-order chi connectivity index (χ0) is 15.0. The topological polar surface area (TPSA) is 103 Å². The fraction of sp³-hybridized carbons (Fsp3) is 0.286. The summed E-state index contributed by atoms with van der Waals surface area (Å²) in [5, 5.41) is 30.6. The molecule has 0 aliphatic carbocycles. The highest BCUT2D eigenvalue weighted by molar-refractivity contribution is 5.94. The Labute approximate surface area is 120 Å². The van der Waals surface area contributed by atoms with Crippen LogP contribution in [0.15, 0.2) is 30.5 Å². The molecular formula is C14H12N4O3. The minimum Gasteiger partial charge on any atom is -0.385 e. The van der Waals surface area contributed by atoms with Crippen molar-refractivity contribution >= 4 is 22.3 Å². The first-order valence-corrected chi connectivity index (χ1v) is 6.40. The van der Waals surface area contributed by atoms with Crippen LogP contribution in [0.2, 0.25) is 0 Å². The molecule has 7 nitrogen and oxygen atoms in total. The maximum atomic E-state index is 11.4. The number of aliphatic hydroxyl groups is 1. The molecule has 106 valence electrons. The fourth-order valence-corrected chi connectivity index (χ4v) is 2.67. The largest absolute Gasteiger partial charge is 0.385 e. The number of hydrogen-bond acceptors (Lipinski definition) is 6. The molecule has 1 aromatic carbocycles. The van der Waals surface area contributed by atoms with Crippen molar-refractivity contribution in [2.24, 2.45) is 0 Å². The van der Waals surface area contributed by atoms with E-state index in [1.54, 1.807) is 35.4 Å². The number of nitriles is 1. The van der Waals surface area contributed by atoms with Crippen molar-refractivity contribution in [3.63, 3.8) is 0 Å². The average molecular weight is 284 g/mol. The maximum absolute atomic E-state index is 11.4. The van der Waals surface area contributed by atoms with Gasteiger partial charge in [0.25, 0.3) is 0 Å². The summed E-state index contributed by atoms with van der Waals surface area (Å²) in [5.74, 6) is 0. The molecule has 1 aliphatic rings. The van der Waals surface area contributed by atoms with Crippen LogP contribution in [0.3, 0.4) is 0 Å². The lowest BCUT2D eigenvalue weighted by molar-refractivity contribution is -0.382. The van der Waals surface area contributed by atoms with Crippen molar-refractivity contribution in [3.05, 3.63) is 40.6 Å². The molecule has 1 fully saturated rings. The second-order valence-electron chi connectivity index (χ2n) is 5.18. The van der Waals surface area contributed by atoms with Crippen LogP contribution in [-0.4, -0.2) is 33.7 Å². The van der Waals surface area contributed by atoms with Crippen LogP contribution in [-0.2, 0) is 0 Å². The molecule has 2 heterocycles. The predicted molar refractivity (Wildman–Crippen MR) is 75.8 cm³/mol. The summed E-state index contributed by atoms with van der Waals surface area (Å²) < 4.78 is 0. The van der Waals surface area contributed by atoms with Gasteiger partial charge in [-0.05, 0) is 24.3 Å². The van der Waals surface area contributed by atoms with Crippen LogP contribution in [0.1, 0.15) is 6.42 Å². The first kappa shape index (κ1) is 13.3. The van der Waals surface area contributed by atoms with E-state index in [1.165, 1.54) is 0 Å². The van der Waals surface area contributed by atoms with Gasteiger partial charge in [0.15, 0.2) is 0 Å². The molecule has 2 aromatic rings. The Kier molecular flexibility index (Phi) is 2.96. The average Bonchev–Trinajstić information content (AvgIpc) is 2.43. The minimum absolute atomic E-state index is 0.0143. The van der Waals surface area contributed by atoms with Gasteiger partial charge in [-0.25, -0.2) is 0 Å². The van der Waals surface area contributed by atoms with E-state index in [9.17, 15) is 15.2 Å². The van der Waals surface area contributed by atoms with Crippen molar-refractivity contribution in [1.29, 1.82) is 5.26 Å². The van der Waals surface area contributed by atoms with Gasteiger partial charge in [-0.1, -0.05) is 0 Å². The SMILES string of the molecule is N#CCC1(O)CN(c2ccc3ncccc3c2[N+](=O)[O-])C1. The Morgan fingerprint density at radius 3 is 2.90 bits per heavy atom. The molecule has 3 rings (SSSR count). The summed E-state index contributed by atoms with van der Waals surface area (Å²) in [6, 6.07) is 8.60. The summed E-state index contributed by atoms with van der Waals surface area (Å²) in [4.78, 5) is 16.8. The second-order valence-corrected chi connectivity index (χ2v) is 5.18. The van der Waals surface area contributed by atoms with E-state index in [0.29, 0.717) is 16.6 Å². The van der Waals surface area contributed by atoms with Gasteiger partial charge in [0.1, 0.15) is 11.3 Å². The van der Waals surface area contributed by atoms with Gasteiger partial charge in [-0.3, -0.25) is 15.1 Å². The molecule has 0 unspecified atom stereocenters. The lowest BCUT2D eigenvalue weighted by atomic mass is 9.90. The van der Waals surface area contributed by atoms with Gasteiger partial charge in [0.05, 0.1) is 28.3 Å². The van der Waals surface area contributed by atoms with Crippen molar-refractivity contribution in [3.8, 4) is 6.07 Å². The molecule has 0 amide bonds. The van der Waals surface area contributed by atoms with Crippen LogP contribution in [0.4, 0.5) is 11.4 Å². The monoisotopic (exact) mass is 284 g/mol. The third-order valence-electron chi connectivity index (χ3n) is 3.64. The Morgan fingerprint density at radius 1 is 1.48 bits per heavy atom. The molecule has 0 atom stereocenters. The van der Waals surface area contributed by atoms with Crippen molar-refractivity contribution in [2.45, 2.75) is 12.0 Å². The minimum atomic E-state index is -1.08. The van der Waals surface area contributed by atoms with E-state index in [4.69, 9.17) is 5.26 Å². The van der Waals surface area contributed by atoms with Crippen LogP contribution in [0.5, 0.6) is 0 Å². The number of β-amino-alcohol motifs (C(OH)–C–C–N with tert-alkyl or cyclic N) is 1. The van der Waals surface area contributed by atoms with Gasteiger partial charge in [0.2, 0.25) is 0 Å². The number of nitro groups is 1. The molecule has 0 radical (unpaired) electrons. The van der Waals surface area contributed by atoms with E-state index >= 15 is 0 Å². The van der Waals surface area contributed by atoms with Crippen molar-refractivity contribution < 1.29 is 10.0 Å². The van der Waals surface area contributed by atoms with Gasteiger partial charge in [-0.15, -0.1) is 0 Å². The summed E-state index contributed by atoms with van der Waals surface area (Å²) in [7, 11) is 0. The zero-order valence-electron chi connectivity index (χ0n) is 11.1. The molecule has 1 aliphatic heterocycles. The first-order valence-electron chi connectivity index (χ1n) is 6.40. The number of anilines is 1. The number of nitro benzene ring substituents is 1. The summed E-state index contributed by atoms with van der Waals surface area (Å²) >= 11 is 0. The standard InChI is InChI=1S/C14H12N4O3/c15-6-5-14(19)8-17(9-14)12-4-3-11-10(2-1-7-16-11)13(12)18(20)21/h1-4,7,19H,5,8-9H2. The smallest absolute Gasteiger partial charge is 0.301 e. The maximum Gasteiger partial charge on any atom is 0.301 e. The Morgan fingerprint density at radius 2 is 2.24 bits per heavy atom. The quantitative estimate of drug-likeness (QED) is 0.678. The van der Waals surface area contributed by atoms with E-state index in [0.717, 1.165) is 0 Å². The van der Waals surface area contributed by atoms with Gasteiger partial charge in [0, 0.05) is 19.3 Å². The highest BCUT2D eigenvalue weighted by Crippen LogP contribution is 2.39. The molecule has 21 heavy (non-hydrogen) atoms. The van der Waals surface area contributed by atoms with Gasteiger partial charge >= 0.3 is 5.69 Å². The van der Waals surface area contributed by atoms with E-state index < -0.39 is 10.5 Å². The zero-order valence-corrected chi connectivity index (χ0v) is 11.1. The van der Waals surface area contributed by atoms with Crippen molar-refractivity contribution in [1.82, 2.24) is 4.98 Å². The highest BCUT2D eigenvalue weighted by atomic mass is 16.6. The molecule has 1 N–H and O–H groups in total. The van der Waals surface area contributed by atoms with Crippen LogP contribution < -0.4 is 4.90 Å². The normalized spacial score (nSPS) is 16.3. The molecule has 0 spiro atoms. The Hall–Kier alpha value is -2.72. The number of rotatable bonds is 3. The predicted octanol–water partition coefficient (Wildman–Crippen LogP) is 1.61. The van der Waals surface area contributed by atoms with Crippen LogP contribution in [0, 0.1) is 21.4 Å². The Bertz CT molecular complexity index is 762. The van der Waals surface area contributed by atoms with E-state index in [-0.39, 0.29) is 25.2 Å². The second kappa shape index (κ2) is 4.68. The molecule has 1 saturated heterocycles. The summed E-state index contributed by atoms with van der Waals surface area (Å²) in [6.45, 7) is 0.431. The molecular weight excluding hydrogens is 272 g/mol.